The van der Waals surface area contributed by atoms with Crippen molar-refractivity contribution in [3.63, 3.8) is 0 Å². The van der Waals surface area contributed by atoms with Crippen LogP contribution < -0.4 is 5.32 Å². The van der Waals surface area contributed by atoms with Crippen molar-refractivity contribution in [3.05, 3.63) is 57.8 Å². The molecule has 0 aliphatic heterocycles. The van der Waals surface area contributed by atoms with Crippen molar-refractivity contribution in [2.24, 2.45) is 0 Å². The quantitative estimate of drug-likeness (QED) is 0.540. The highest BCUT2D eigenvalue weighted by atomic mass is 35.5. The second-order valence-electron chi connectivity index (χ2n) is 6.24. The first-order valence-electron chi connectivity index (χ1n) is 8.69. The number of hydrogen-bond acceptors (Lipinski definition) is 7. The molecular weight excluding hydrogens is 457 g/mol. The highest BCUT2D eigenvalue weighted by Crippen LogP contribution is 2.32. The Hall–Kier alpha value is -3.05. The van der Waals surface area contributed by atoms with Crippen molar-refractivity contribution in [2.45, 2.75) is 26.1 Å². The third-order valence-electron chi connectivity index (χ3n) is 3.93. The number of nitrogens with one attached hydrogen (secondary N) is 1. The van der Waals surface area contributed by atoms with Crippen LogP contribution in [0.25, 0.3) is 10.7 Å². The topological polar surface area (TPSA) is 94.1 Å². The van der Waals surface area contributed by atoms with Crippen LogP contribution in [0.15, 0.2) is 36.7 Å². The minimum absolute atomic E-state index is 0.200. The Labute approximate surface area is 183 Å². The van der Waals surface area contributed by atoms with Crippen LogP contribution in [0.4, 0.5) is 19.0 Å². The van der Waals surface area contributed by atoms with E-state index >= 15 is 0 Å². The third kappa shape index (κ3) is 5.36. The number of aromatic nitrogens is 3. The molecule has 0 bridgehead atoms. The largest absolute Gasteiger partial charge is 0.448 e. The van der Waals surface area contributed by atoms with Crippen LogP contribution in [0.3, 0.4) is 0 Å². The number of anilines is 1. The van der Waals surface area contributed by atoms with E-state index < -0.39 is 34.7 Å². The monoisotopic (exact) mass is 470 g/mol. The van der Waals surface area contributed by atoms with E-state index in [2.05, 4.69) is 20.3 Å². The number of esters is 1. The number of hydrogen-bond donors (Lipinski definition) is 1. The maximum Gasteiger partial charge on any atom is 0.417 e. The summed E-state index contributed by atoms with van der Waals surface area (Å²) in [5.74, 6) is -1.87. The lowest BCUT2D eigenvalue weighted by molar-refractivity contribution is -0.137. The van der Waals surface area contributed by atoms with E-state index in [0.717, 1.165) is 11.3 Å². The van der Waals surface area contributed by atoms with Gasteiger partial charge >= 0.3 is 12.1 Å². The molecular formula is C19H14ClF3N4O3S. The van der Waals surface area contributed by atoms with Gasteiger partial charge in [-0.1, -0.05) is 17.7 Å². The predicted octanol–water partition coefficient (Wildman–Crippen LogP) is 4.76. The number of pyridine rings is 2. The van der Waals surface area contributed by atoms with Gasteiger partial charge in [-0.3, -0.25) is 9.78 Å². The molecule has 0 saturated carbocycles. The molecule has 0 fully saturated rings. The Morgan fingerprint density at radius 2 is 2.00 bits per heavy atom. The fourth-order valence-electron chi connectivity index (χ4n) is 2.36. The van der Waals surface area contributed by atoms with Crippen LogP contribution in [-0.2, 0) is 15.7 Å². The Morgan fingerprint density at radius 3 is 2.61 bits per heavy atom. The standard InChI is InChI=1S/C19H14ClF3N4O3S/c1-9-14(31-17(26-9)13-5-3-4-6-24-13)18(29)30-10(2)16(28)27-15-12(20)7-11(8-25-15)19(21,22)23/h3-8,10H,1-2H3,(H,25,27,28)/t10-/m1/s1. The van der Waals surface area contributed by atoms with Crippen molar-refractivity contribution in [3.8, 4) is 10.7 Å². The molecule has 0 aliphatic rings. The first kappa shape index (κ1) is 22.6. The molecule has 1 atom stereocenters. The Bertz CT molecular complexity index is 1120. The van der Waals surface area contributed by atoms with Crippen molar-refractivity contribution in [2.75, 3.05) is 5.32 Å². The lowest BCUT2D eigenvalue weighted by Crippen LogP contribution is -2.30. The van der Waals surface area contributed by atoms with Crippen molar-refractivity contribution in [1.82, 2.24) is 15.0 Å². The summed E-state index contributed by atoms with van der Waals surface area (Å²) in [4.78, 5) is 37.0. The molecule has 3 aromatic heterocycles. The Balaban J connectivity index is 1.68. The van der Waals surface area contributed by atoms with Gasteiger partial charge in [0.05, 0.1) is 22.0 Å². The van der Waals surface area contributed by atoms with E-state index in [-0.39, 0.29) is 10.7 Å². The SMILES string of the molecule is Cc1nc(-c2ccccn2)sc1C(=O)O[C@H](C)C(=O)Nc1ncc(C(F)(F)F)cc1Cl. The second kappa shape index (κ2) is 8.98. The molecule has 7 nitrogen and oxygen atoms in total. The van der Waals surface area contributed by atoms with Gasteiger partial charge in [0.25, 0.3) is 5.91 Å². The van der Waals surface area contributed by atoms with Gasteiger partial charge in [0.15, 0.2) is 11.9 Å². The number of nitrogens with zero attached hydrogens (tertiary/aromatic N) is 3. The second-order valence-corrected chi connectivity index (χ2v) is 7.64. The van der Waals surface area contributed by atoms with E-state index in [1.165, 1.54) is 6.92 Å². The summed E-state index contributed by atoms with van der Waals surface area (Å²) in [6, 6.07) is 5.91. The number of carbonyl (C=O) groups excluding carboxylic acids is 2. The van der Waals surface area contributed by atoms with Crippen LogP contribution in [0.1, 0.15) is 27.9 Å². The summed E-state index contributed by atoms with van der Waals surface area (Å²) < 4.78 is 43.2. The number of halogens is 4. The van der Waals surface area contributed by atoms with E-state index in [1.54, 1.807) is 31.3 Å². The molecule has 0 aliphatic carbocycles. The molecule has 12 heteroatoms. The zero-order chi connectivity index (χ0) is 22.8. The fourth-order valence-corrected chi connectivity index (χ4v) is 3.50. The van der Waals surface area contributed by atoms with Crippen LogP contribution in [0.2, 0.25) is 5.02 Å². The van der Waals surface area contributed by atoms with Crippen molar-refractivity contribution in [1.29, 1.82) is 0 Å². The maximum absolute atomic E-state index is 12.7. The van der Waals surface area contributed by atoms with Gasteiger partial charge in [-0.25, -0.2) is 14.8 Å². The van der Waals surface area contributed by atoms with Gasteiger partial charge in [0, 0.05) is 12.4 Å². The van der Waals surface area contributed by atoms with Gasteiger partial charge in [0.2, 0.25) is 0 Å². The number of thiazole rings is 1. The molecule has 0 unspecified atom stereocenters. The lowest BCUT2D eigenvalue weighted by Gasteiger charge is -2.14. The van der Waals surface area contributed by atoms with Crippen molar-refractivity contribution < 1.29 is 27.5 Å². The molecule has 1 N–H and O–H groups in total. The maximum atomic E-state index is 12.7. The Kier molecular flexibility index (Phi) is 6.56. The van der Waals surface area contributed by atoms with Gasteiger partial charge in [-0.15, -0.1) is 11.3 Å². The van der Waals surface area contributed by atoms with E-state index in [9.17, 15) is 22.8 Å². The number of carbonyl (C=O) groups is 2. The lowest BCUT2D eigenvalue weighted by atomic mass is 10.2. The van der Waals surface area contributed by atoms with E-state index in [0.29, 0.717) is 28.7 Å². The van der Waals surface area contributed by atoms with Crippen LogP contribution >= 0.6 is 22.9 Å². The third-order valence-corrected chi connectivity index (χ3v) is 5.38. The highest BCUT2D eigenvalue weighted by Gasteiger charge is 2.32. The molecule has 1 amide bonds. The number of aryl methyl sites for hydroxylation is 1. The van der Waals surface area contributed by atoms with Gasteiger partial charge in [-0.05, 0) is 32.0 Å². The summed E-state index contributed by atoms with van der Waals surface area (Å²) in [7, 11) is 0. The molecule has 31 heavy (non-hydrogen) atoms. The number of rotatable bonds is 5. The predicted molar refractivity (Wildman–Crippen MR) is 108 cm³/mol. The van der Waals surface area contributed by atoms with Crippen LogP contribution in [0, 0.1) is 6.92 Å². The summed E-state index contributed by atoms with van der Waals surface area (Å²) in [5, 5.41) is 2.36. The molecule has 0 radical (unpaired) electrons. The number of amides is 1. The van der Waals surface area contributed by atoms with Gasteiger partial charge in [-0.2, -0.15) is 13.2 Å². The molecule has 0 saturated heterocycles. The van der Waals surface area contributed by atoms with Gasteiger partial charge in [0.1, 0.15) is 9.88 Å². The molecule has 3 rings (SSSR count). The van der Waals surface area contributed by atoms with E-state index in [1.807, 2.05) is 0 Å². The summed E-state index contributed by atoms with van der Waals surface area (Å²) >= 11 is 6.83. The molecule has 0 aromatic carbocycles. The van der Waals surface area contributed by atoms with Crippen molar-refractivity contribution >= 4 is 40.6 Å². The molecule has 3 heterocycles. The summed E-state index contributed by atoms with van der Waals surface area (Å²) in [6.07, 6.45) is -3.76. The number of ether oxygens (including phenoxy) is 1. The zero-order valence-electron chi connectivity index (χ0n) is 16.0. The summed E-state index contributed by atoms with van der Waals surface area (Å²) in [6.45, 7) is 2.93. The van der Waals surface area contributed by atoms with Crippen LogP contribution in [0.5, 0.6) is 0 Å². The average Bonchev–Trinajstić information content (AvgIpc) is 3.11. The van der Waals surface area contributed by atoms with E-state index in [4.69, 9.17) is 16.3 Å². The molecule has 0 spiro atoms. The first-order valence-corrected chi connectivity index (χ1v) is 9.89. The average molecular weight is 471 g/mol. The molecule has 162 valence electrons. The normalized spacial score (nSPS) is 12.3. The smallest absolute Gasteiger partial charge is 0.417 e. The fraction of sp³-hybridized carbons (Fsp3) is 0.211. The highest BCUT2D eigenvalue weighted by molar-refractivity contribution is 7.17. The number of alkyl halides is 3. The molecule has 3 aromatic rings. The zero-order valence-corrected chi connectivity index (χ0v) is 17.6. The Morgan fingerprint density at radius 1 is 1.26 bits per heavy atom. The first-order chi connectivity index (χ1) is 14.6. The minimum atomic E-state index is -4.62. The van der Waals surface area contributed by atoms with Crippen LogP contribution in [-0.4, -0.2) is 32.9 Å². The minimum Gasteiger partial charge on any atom is -0.448 e. The summed E-state index contributed by atoms with van der Waals surface area (Å²) in [5.41, 5.74) is -0.0569. The van der Waals surface area contributed by atoms with Gasteiger partial charge < -0.3 is 10.1 Å².